The smallest absolute Gasteiger partial charge is 0.225 e. The Balaban J connectivity index is 1.85. The van der Waals surface area contributed by atoms with E-state index < -0.39 is 6.10 Å². The van der Waals surface area contributed by atoms with Gasteiger partial charge >= 0.3 is 0 Å². The summed E-state index contributed by atoms with van der Waals surface area (Å²) in [6.45, 7) is 8.39. The first-order chi connectivity index (χ1) is 12.0. The average Bonchev–Trinajstić information content (AvgIpc) is 3.14. The number of rotatable bonds is 6. The monoisotopic (exact) mass is 350 g/mol. The van der Waals surface area contributed by atoms with Crippen LogP contribution in [-0.2, 0) is 4.79 Å². The fraction of sp³-hybridized carbons (Fsp3) is 0.667. The normalized spacial score (nSPS) is 17.6. The Labute approximate surface area is 149 Å². The van der Waals surface area contributed by atoms with Gasteiger partial charge in [-0.05, 0) is 31.9 Å². The minimum Gasteiger partial charge on any atom is -0.467 e. The van der Waals surface area contributed by atoms with Crippen LogP contribution in [0.25, 0.3) is 0 Å². The van der Waals surface area contributed by atoms with Crippen molar-refractivity contribution in [2.45, 2.75) is 45.8 Å². The highest BCUT2D eigenvalue weighted by Crippen LogP contribution is 2.14. The first-order valence-corrected chi connectivity index (χ1v) is 9.06. The van der Waals surface area contributed by atoms with Gasteiger partial charge in [-0.2, -0.15) is 0 Å². The summed E-state index contributed by atoms with van der Waals surface area (Å²) in [6.07, 6.45) is 2.57. The molecular formula is C18H30N4O3. The molecule has 1 atom stereocenters. The molecule has 0 bridgehead atoms. The first kappa shape index (κ1) is 19.3. The molecule has 1 aromatic rings. The van der Waals surface area contributed by atoms with Gasteiger partial charge in [-0.25, -0.2) is 0 Å². The van der Waals surface area contributed by atoms with Crippen molar-refractivity contribution in [2.24, 2.45) is 10.9 Å². The highest BCUT2D eigenvalue weighted by molar-refractivity contribution is 5.80. The van der Waals surface area contributed by atoms with E-state index in [0.717, 1.165) is 32.5 Å². The van der Waals surface area contributed by atoms with Crippen LogP contribution < -0.4 is 10.6 Å². The summed E-state index contributed by atoms with van der Waals surface area (Å²) in [7, 11) is 0. The standard InChI is InChI=1S/C18H30N4O3/c1-4-19-18(20-12-15(23)16-6-5-11-25-16)21-14-7-9-22(10-8-14)17(24)13(2)3/h5-6,11,13-15,23H,4,7-10,12H2,1-3H3,(H2,19,20,21). The van der Waals surface area contributed by atoms with Gasteiger partial charge in [0.15, 0.2) is 5.96 Å². The summed E-state index contributed by atoms with van der Waals surface area (Å²) in [5.41, 5.74) is 0. The molecule has 1 aliphatic heterocycles. The lowest BCUT2D eigenvalue weighted by Gasteiger charge is -2.34. The number of piperidine rings is 1. The molecule has 25 heavy (non-hydrogen) atoms. The molecule has 1 amide bonds. The largest absolute Gasteiger partial charge is 0.467 e. The van der Waals surface area contributed by atoms with Crippen molar-refractivity contribution >= 4 is 11.9 Å². The maximum absolute atomic E-state index is 12.1. The third-order valence-electron chi connectivity index (χ3n) is 4.28. The van der Waals surface area contributed by atoms with E-state index in [4.69, 9.17) is 4.42 Å². The molecule has 2 rings (SSSR count). The Hall–Kier alpha value is -2.02. The Morgan fingerprint density at radius 3 is 2.72 bits per heavy atom. The number of hydrogen-bond acceptors (Lipinski definition) is 4. The van der Waals surface area contributed by atoms with Crippen LogP contribution in [0.2, 0.25) is 0 Å². The minimum absolute atomic E-state index is 0.0477. The van der Waals surface area contributed by atoms with Crippen molar-refractivity contribution in [3.63, 3.8) is 0 Å². The van der Waals surface area contributed by atoms with Gasteiger partial charge in [0, 0.05) is 31.6 Å². The van der Waals surface area contributed by atoms with Crippen LogP contribution in [0, 0.1) is 5.92 Å². The zero-order valence-corrected chi connectivity index (χ0v) is 15.4. The van der Waals surface area contributed by atoms with Crippen molar-refractivity contribution < 1.29 is 14.3 Å². The highest BCUT2D eigenvalue weighted by atomic mass is 16.4. The van der Waals surface area contributed by atoms with Gasteiger partial charge in [-0.1, -0.05) is 13.8 Å². The fourth-order valence-electron chi connectivity index (χ4n) is 2.87. The second-order valence-corrected chi connectivity index (χ2v) is 6.65. The number of carbonyl (C=O) groups excluding carboxylic acids is 1. The first-order valence-electron chi connectivity index (χ1n) is 9.06. The third kappa shape index (κ3) is 5.77. The van der Waals surface area contributed by atoms with Gasteiger partial charge in [-0.3, -0.25) is 9.79 Å². The van der Waals surface area contributed by atoms with Crippen LogP contribution in [0.4, 0.5) is 0 Å². The lowest BCUT2D eigenvalue weighted by atomic mass is 10.0. The van der Waals surface area contributed by atoms with Crippen molar-refractivity contribution in [3.05, 3.63) is 24.2 Å². The number of nitrogens with zero attached hydrogens (tertiary/aromatic N) is 2. The molecule has 0 spiro atoms. The molecule has 2 heterocycles. The highest BCUT2D eigenvalue weighted by Gasteiger charge is 2.24. The van der Waals surface area contributed by atoms with E-state index >= 15 is 0 Å². The van der Waals surface area contributed by atoms with Gasteiger partial charge < -0.3 is 25.1 Å². The van der Waals surface area contributed by atoms with Crippen LogP contribution in [0.15, 0.2) is 27.8 Å². The number of hydrogen-bond donors (Lipinski definition) is 3. The van der Waals surface area contributed by atoms with Crippen molar-refractivity contribution in [3.8, 4) is 0 Å². The quantitative estimate of drug-likeness (QED) is 0.534. The van der Waals surface area contributed by atoms with Gasteiger partial charge in [0.1, 0.15) is 11.9 Å². The molecule has 1 fully saturated rings. The number of guanidine groups is 1. The van der Waals surface area contributed by atoms with Crippen LogP contribution in [0.3, 0.4) is 0 Å². The number of carbonyl (C=O) groups is 1. The van der Waals surface area contributed by atoms with E-state index in [1.165, 1.54) is 6.26 Å². The van der Waals surface area contributed by atoms with Gasteiger partial charge in [0.2, 0.25) is 5.91 Å². The second-order valence-electron chi connectivity index (χ2n) is 6.65. The summed E-state index contributed by atoms with van der Waals surface area (Å²) in [4.78, 5) is 18.4. The number of aliphatic hydroxyl groups excluding tert-OH is 1. The zero-order chi connectivity index (χ0) is 18.2. The van der Waals surface area contributed by atoms with Crippen molar-refractivity contribution in [1.29, 1.82) is 0 Å². The second kappa shape index (κ2) is 9.46. The maximum atomic E-state index is 12.1. The summed E-state index contributed by atoms with van der Waals surface area (Å²) in [5, 5.41) is 16.7. The maximum Gasteiger partial charge on any atom is 0.225 e. The molecule has 1 aromatic heterocycles. The van der Waals surface area contributed by atoms with Gasteiger partial charge in [0.05, 0.1) is 12.8 Å². The molecule has 0 radical (unpaired) electrons. The fourth-order valence-corrected chi connectivity index (χ4v) is 2.87. The molecule has 0 aliphatic carbocycles. The number of aliphatic imine (C=N–C) groups is 1. The van der Waals surface area contributed by atoms with E-state index in [1.807, 2.05) is 25.7 Å². The van der Waals surface area contributed by atoms with E-state index in [0.29, 0.717) is 11.7 Å². The molecule has 0 saturated carbocycles. The third-order valence-corrected chi connectivity index (χ3v) is 4.28. The van der Waals surface area contributed by atoms with E-state index in [2.05, 4.69) is 15.6 Å². The molecule has 3 N–H and O–H groups in total. The molecule has 1 aliphatic rings. The summed E-state index contributed by atoms with van der Waals surface area (Å²) < 4.78 is 5.19. The Morgan fingerprint density at radius 1 is 1.44 bits per heavy atom. The average molecular weight is 350 g/mol. The van der Waals surface area contributed by atoms with Crippen LogP contribution in [0.5, 0.6) is 0 Å². The Bertz CT molecular complexity index is 549. The van der Waals surface area contributed by atoms with Crippen molar-refractivity contribution in [1.82, 2.24) is 15.5 Å². The summed E-state index contributed by atoms with van der Waals surface area (Å²) in [6, 6.07) is 3.76. The van der Waals surface area contributed by atoms with Crippen LogP contribution in [-0.4, -0.2) is 54.1 Å². The number of amides is 1. The molecule has 1 unspecified atom stereocenters. The predicted molar refractivity (Wildman–Crippen MR) is 97.2 cm³/mol. The van der Waals surface area contributed by atoms with Gasteiger partial charge in [-0.15, -0.1) is 0 Å². The van der Waals surface area contributed by atoms with Crippen LogP contribution >= 0.6 is 0 Å². The van der Waals surface area contributed by atoms with Crippen LogP contribution in [0.1, 0.15) is 45.5 Å². The molecule has 7 heteroatoms. The SMILES string of the molecule is CCNC(=NCC(O)c1ccco1)NC1CCN(C(=O)C(C)C)CC1. The topological polar surface area (TPSA) is 90.1 Å². The minimum atomic E-state index is -0.754. The van der Waals surface area contributed by atoms with Crippen molar-refractivity contribution in [2.75, 3.05) is 26.2 Å². The number of nitrogens with one attached hydrogen (secondary N) is 2. The Kier molecular flexibility index (Phi) is 7.31. The summed E-state index contributed by atoms with van der Waals surface area (Å²) in [5.74, 6) is 1.47. The molecule has 1 saturated heterocycles. The number of likely N-dealkylation sites (tertiary alicyclic amines) is 1. The molecule has 0 aromatic carbocycles. The lowest BCUT2D eigenvalue weighted by Crippen LogP contribution is -2.50. The predicted octanol–water partition coefficient (Wildman–Crippen LogP) is 1.52. The van der Waals surface area contributed by atoms with Gasteiger partial charge in [0.25, 0.3) is 0 Å². The van der Waals surface area contributed by atoms with E-state index in [-0.39, 0.29) is 24.4 Å². The molecule has 140 valence electrons. The lowest BCUT2D eigenvalue weighted by molar-refractivity contribution is -0.135. The number of furan rings is 1. The van der Waals surface area contributed by atoms with E-state index in [9.17, 15) is 9.90 Å². The molecular weight excluding hydrogens is 320 g/mol. The Morgan fingerprint density at radius 2 is 2.16 bits per heavy atom. The number of aliphatic hydroxyl groups is 1. The molecule has 7 nitrogen and oxygen atoms in total. The van der Waals surface area contributed by atoms with E-state index in [1.54, 1.807) is 12.1 Å². The zero-order valence-electron chi connectivity index (χ0n) is 15.4. The summed E-state index contributed by atoms with van der Waals surface area (Å²) >= 11 is 0.